The average Bonchev–Trinajstić information content (AvgIpc) is 3.44. The highest BCUT2D eigenvalue weighted by atomic mass is 32.1. The maximum absolute atomic E-state index is 13.0. The van der Waals surface area contributed by atoms with Crippen LogP contribution in [0.15, 0.2) is 12.7 Å². The fourth-order valence-electron chi connectivity index (χ4n) is 4.77. The number of alkyl halides is 2. The van der Waals surface area contributed by atoms with Crippen molar-refractivity contribution in [3.63, 3.8) is 0 Å². The zero-order chi connectivity index (χ0) is 23.3. The summed E-state index contributed by atoms with van der Waals surface area (Å²) in [7, 11) is 0. The minimum atomic E-state index is -2.84. The third kappa shape index (κ3) is 7.53. The molecule has 3 heterocycles. The molecule has 0 unspecified atom stereocenters. The van der Waals surface area contributed by atoms with E-state index in [1.165, 1.54) is 30.5 Å². The molecule has 10 heteroatoms. The quantitative estimate of drug-likeness (QED) is 0.475. The summed E-state index contributed by atoms with van der Waals surface area (Å²) in [6, 6.07) is 0. The molecule has 1 aliphatic carbocycles. The van der Waals surface area contributed by atoms with Crippen LogP contribution in [0.2, 0.25) is 0 Å². The summed E-state index contributed by atoms with van der Waals surface area (Å²) < 4.78 is 33.0. The normalized spacial score (nSPS) is 21.7. The lowest BCUT2D eigenvalue weighted by molar-refractivity contribution is -0.120. The van der Waals surface area contributed by atoms with Crippen LogP contribution in [0.25, 0.3) is 0 Å². The van der Waals surface area contributed by atoms with E-state index in [1.54, 1.807) is 11.0 Å². The van der Waals surface area contributed by atoms with E-state index in [1.807, 2.05) is 0 Å². The van der Waals surface area contributed by atoms with Gasteiger partial charge in [0.05, 0.1) is 5.69 Å². The van der Waals surface area contributed by atoms with Crippen LogP contribution in [-0.2, 0) is 24.3 Å². The first-order chi connectivity index (χ1) is 15.8. The standard InChI is InChI=1S/C23H33F2N5O2S/c1-23(24,25)14-32-22-28-20-13-29(10-8-21(20)33-22)9-6-17-2-4-18(5-3-17)12-19(31)7-11-30-16-26-15-27-30/h15-18H,2-14H2,1H3. The van der Waals surface area contributed by atoms with Crippen LogP contribution in [0, 0.1) is 11.8 Å². The van der Waals surface area contributed by atoms with Crippen LogP contribution in [-0.4, -0.2) is 56.1 Å². The van der Waals surface area contributed by atoms with Crippen LogP contribution >= 0.6 is 11.3 Å². The Labute approximate surface area is 197 Å². The first kappa shape index (κ1) is 24.2. The summed E-state index contributed by atoms with van der Waals surface area (Å²) in [5, 5.41) is 4.41. The van der Waals surface area contributed by atoms with Gasteiger partial charge in [-0.2, -0.15) is 5.10 Å². The van der Waals surface area contributed by atoms with E-state index in [0.717, 1.165) is 62.8 Å². The van der Waals surface area contributed by atoms with Gasteiger partial charge in [-0.15, -0.1) is 0 Å². The molecule has 0 N–H and O–H groups in total. The SMILES string of the molecule is CC(F)(F)COc1nc2c(s1)CCN(CCC1CCC(CC(=O)CCn3cncn3)CC1)C2. The Morgan fingerprint density at radius 3 is 2.76 bits per heavy atom. The molecule has 2 aromatic heterocycles. The number of thiazole rings is 1. The number of Topliss-reactive ketones (excluding diaryl/α,β-unsaturated/α-hetero) is 1. The van der Waals surface area contributed by atoms with Crippen LogP contribution in [0.5, 0.6) is 5.19 Å². The highest BCUT2D eigenvalue weighted by molar-refractivity contribution is 7.13. The average molecular weight is 482 g/mol. The largest absolute Gasteiger partial charge is 0.464 e. The molecule has 0 spiro atoms. The number of carbonyl (C=O) groups excluding carboxylic acids is 1. The summed E-state index contributed by atoms with van der Waals surface area (Å²) >= 11 is 1.40. The van der Waals surface area contributed by atoms with Gasteiger partial charge in [0, 0.05) is 44.3 Å². The predicted octanol–water partition coefficient (Wildman–Crippen LogP) is 4.37. The Hall–Kier alpha value is -1.94. The lowest BCUT2D eigenvalue weighted by Crippen LogP contribution is -2.32. The van der Waals surface area contributed by atoms with Crippen LogP contribution in [0.4, 0.5) is 8.78 Å². The molecule has 0 bridgehead atoms. The van der Waals surface area contributed by atoms with Gasteiger partial charge >= 0.3 is 0 Å². The molecule has 1 saturated carbocycles. The van der Waals surface area contributed by atoms with E-state index >= 15 is 0 Å². The number of rotatable bonds is 11. The molecule has 0 atom stereocenters. The molecule has 7 nitrogen and oxygen atoms in total. The third-order valence-electron chi connectivity index (χ3n) is 6.66. The number of fused-ring (bicyclic) bond motifs is 1. The number of hydrogen-bond donors (Lipinski definition) is 0. The Kier molecular flexibility index (Phi) is 8.06. The Morgan fingerprint density at radius 1 is 1.24 bits per heavy atom. The second kappa shape index (κ2) is 11.0. The van der Waals surface area contributed by atoms with Gasteiger partial charge in [0.2, 0.25) is 0 Å². The number of hydrogen-bond acceptors (Lipinski definition) is 7. The summed E-state index contributed by atoms with van der Waals surface area (Å²) in [5.74, 6) is -1.28. The smallest absolute Gasteiger partial charge is 0.278 e. The van der Waals surface area contributed by atoms with E-state index < -0.39 is 12.5 Å². The van der Waals surface area contributed by atoms with Crippen molar-refractivity contribution in [2.45, 2.75) is 77.3 Å². The Balaban J connectivity index is 1.13. The summed E-state index contributed by atoms with van der Waals surface area (Å²) in [6.07, 6.45) is 11.1. The zero-order valence-corrected chi connectivity index (χ0v) is 20.0. The zero-order valence-electron chi connectivity index (χ0n) is 19.2. The molecule has 2 aliphatic rings. The first-order valence-corrected chi connectivity index (χ1v) is 12.7. The molecule has 1 fully saturated rings. The van der Waals surface area contributed by atoms with Crippen molar-refractivity contribution in [1.29, 1.82) is 0 Å². The van der Waals surface area contributed by atoms with Gasteiger partial charge in [0.15, 0.2) is 6.61 Å². The highest BCUT2D eigenvalue weighted by Crippen LogP contribution is 2.34. The Morgan fingerprint density at radius 2 is 2.03 bits per heavy atom. The van der Waals surface area contributed by atoms with Crippen molar-refractivity contribution in [2.24, 2.45) is 11.8 Å². The molecule has 2 aromatic rings. The molecule has 4 rings (SSSR count). The van der Waals surface area contributed by atoms with E-state index in [4.69, 9.17) is 4.74 Å². The van der Waals surface area contributed by atoms with Crippen LogP contribution < -0.4 is 4.74 Å². The van der Waals surface area contributed by atoms with Gasteiger partial charge in [-0.3, -0.25) is 14.4 Å². The number of halogens is 2. The fourth-order valence-corrected chi connectivity index (χ4v) is 5.68. The number of aryl methyl sites for hydroxylation is 1. The van der Waals surface area contributed by atoms with Crippen molar-refractivity contribution in [3.05, 3.63) is 23.2 Å². The highest BCUT2D eigenvalue weighted by Gasteiger charge is 2.27. The molecule has 0 radical (unpaired) electrons. The topological polar surface area (TPSA) is 73.1 Å². The Bertz CT molecular complexity index is 891. The van der Waals surface area contributed by atoms with Crippen molar-refractivity contribution in [1.82, 2.24) is 24.6 Å². The number of ketones is 1. The second-order valence-corrected chi connectivity index (χ2v) is 10.6. The van der Waals surface area contributed by atoms with Crippen molar-refractivity contribution in [3.8, 4) is 5.19 Å². The summed E-state index contributed by atoms with van der Waals surface area (Å²) in [6.45, 7) is 3.63. The molecule has 182 valence electrons. The maximum Gasteiger partial charge on any atom is 0.278 e. The molecular formula is C23H33F2N5O2S. The fraction of sp³-hybridized carbons (Fsp3) is 0.739. The van der Waals surface area contributed by atoms with Crippen molar-refractivity contribution in [2.75, 3.05) is 19.7 Å². The number of ether oxygens (including phenoxy) is 1. The van der Waals surface area contributed by atoms with Gasteiger partial charge < -0.3 is 4.74 Å². The van der Waals surface area contributed by atoms with E-state index in [9.17, 15) is 13.6 Å². The van der Waals surface area contributed by atoms with Crippen molar-refractivity contribution < 1.29 is 18.3 Å². The van der Waals surface area contributed by atoms with E-state index in [0.29, 0.717) is 42.2 Å². The molecule has 0 amide bonds. The maximum atomic E-state index is 13.0. The minimum absolute atomic E-state index is 0.326. The van der Waals surface area contributed by atoms with Crippen molar-refractivity contribution >= 4 is 17.1 Å². The van der Waals surface area contributed by atoms with Gasteiger partial charge in [0.25, 0.3) is 11.1 Å². The molecule has 1 aliphatic heterocycles. The van der Waals surface area contributed by atoms with Gasteiger partial charge in [-0.05, 0) is 44.1 Å². The summed E-state index contributed by atoms with van der Waals surface area (Å²) in [4.78, 5) is 24.2. The molecule has 0 saturated heterocycles. The monoisotopic (exact) mass is 481 g/mol. The number of nitrogens with zero attached hydrogens (tertiary/aromatic N) is 5. The number of carbonyl (C=O) groups is 1. The van der Waals surface area contributed by atoms with E-state index in [2.05, 4.69) is 20.0 Å². The molecule has 0 aromatic carbocycles. The molecule has 33 heavy (non-hydrogen) atoms. The predicted molar refractivity (Wildman–Crippen MR) is 122 cm³/mol. The minimum Gasteiger partial charge on any atom is -0.464 e. The van der Waals surface area contributed by atoms with E-state index in [-0.39, 0.29) is 0 Å². The van der Waals surface area contributed by atoms with Gasteiger partial charge in [-0.1, -0.05) is 24.2 Å². The lowest BCUT2D eigenvalue weighted by Gasteiger charge is -2.31. The second-order valence-electron chi connectivity index (χ2n) is 9.56. The molecular weight excluding hydrogens is 448 g/mol. The van der Waals surface area contributed by atoms with Crippen LogP contribution in [0.1, 0.15) is 62.4 Å². The third-order valence-corrected chi connectivity index (χ3v) is 7.73. The lowest BCUT2D eigenvalue weighted by atomic mass is 9.78. The first-order valence-electron chi connectivity index (χ1n) is 11.9. The number of aromatic nitrogens is 4. The van der Waals surface area contributed by atoms with Crippen LogP contribution in [0.3, 0.4) is 0 Å². The van der Waals surface area contributed by atoms with Gasteiger partial charge in [0.1, 0.15) is 18.4 Å². The van der Waals surface area contributed by atoms with Gasteiger partial charge in [-0.25, -0.2) is 18.7 Å². The summed E-state index contributed by atoms with van der Waals surface area (Å²) in [5.41, 5.74) is 0.980.